The number of para-hydroxylation sites is 2. The van der Waals surface area contributed by atoms with Gasteiger partial charge in [0.25, 0.3) is 0 Å². The van der Waals surface area contributed by atoms with Crippen molar-refractivity contribution in [1.82, 2.24) is 0 Å². The van der Waals surface area contributed by atoms with Gasteiger partial charge in [-0.25, -0.2) is 0 Å². The van der Waals surface area contributed by atoms with E-state index >= 15 is 0 Å². The van der Waals surface area contributed by atoms with Crippen LogP contribution in [0.1, 0.15) is 11.1 Å². The molecule has 0 unspecified atom stereocenters. The number of hydrogen-bond donors (Lipinski definition) is 0. The van der Waals surface area contributed by atoms with E-state index in [1.807, 2.05) is 24.3 Å². The van der Waals surface area contributed by atoms with Gasteiger partial charge in [-0.2, -0.15) is 0 Å². The predicted octanol–water partition coefficient (Wildman–Crippen LogP) is 6.07. The number of ether oxygens (including phenoxy) is 2. The summed E-state index contributed by atoms with van der Waals surface area (Å²) in [7, 11) is 0. The van der Waals surface area contributed by atoms with Crippen LogP contribution < -0.4 is 19.3 Å². The lowest BCUT2D eigenvalue weighted by Gasteiger charge is -2.31. The molecule has 0 saturated heterocycles. The summed E-state index contributed by atoms with van der Waals surface area (Å²) >= 11 is 0. The van der Waals surface area contributed by atoms with Crippen molar-refractivity contribution in [2.45, 2.75) is 13.1 Å². The lowest BCUT2D eigenvalue weighted by molar-refractivity contribution is 0.289. The molecule has 6 rings (SSSR count). The highest BCUT2D eigenvalue weighted by molar-refractivity contribution is 5.69. The number of hydrogen-bond acceptors (Lipinski definition) is 4. The Hall–Kier alpha value is -3.92. The summed E-state index contributed by atoms with van der Waals surface area (Å²) in [6.07, 6.45) is 0. The summed E-state index contributed by atoms with van der Waals surface area (Å²) < 4.78 is 11.8. The summed E-state index contributed by atoms with van der Waals surface area (Å²) in [5.74, 6) is 1.98. The molecule has 2 heterocycles. The third-order valence-electron chi connectivity index (χ3n) is 6.22. The van der Waals surface area contributed by atoms with Crippen molar-refractivity contribution in [3.63, 3.8) is 0 Å². The van der Waals surface area contributed by atoms with E-state index in [4.69, 9.17) is 9.47 Å². The van der Waals surface area contributed by atoms with Gasteiger partial charge in [-0.05, 0) is 47.5 Å². The van der Waals surface area contributed by atoms with Gasteiger partial charge in [-0.15, -0.1) is 0 Å². The quantitative estimate of drug-likeness (QED) is 0.402. The zero-order valence-corrected chi connectivity index (χ0v) is 17.8. The Kier molecular flexibility index (Phi) is 4.69. The van der Waals surface area contributed by atoms with Crippen molar-refractivity contribution in [2.75, 3.05) is 23.3 Å². The molecule has 0 spiro atoms. The third-order valence-corrected chi connectivity index (χ3v) is 6.22. The first-order chi connectivity index (χ1) is 15.8. The molecule has 0 atom stereocenters. The molecule has 0 amide bonds. The van der Waals surface area contributed by atoms with Gasteiger partial charge in [0.15, 0.2) is 13.5 Å². The van der Waals surface area contributed by atoms with Crippen LogP contribution in [-0.2, 0) is 13.1 Å². The van der Waals surface area contributed by atoms with Crippen LogP contribution in [0.4, 0.5) is 11.4 Å². The van der Waals surface area contributed by atoms with Crippen molar-refractivity contribution < 1.29 is 9.47 Å². The second kappa shape index (κ2) is 7.97. The van der Waals surface area contributed by atoms with E-state index in [1.165, 1.54) is 33.6 Å². The fourth-order valence-corrected chi connectivity index (χ4v) is 4.41. The molecule has 158 valence electrons. The number of benzene rings is 4. The summed E-state index contributed by atoms with van der Waals surface area (Å²) in [4.78, 5) is 4.51. The Morgan fingerprint density at radius 3 is 1.31 bits per heavy atom. The van der Waals surface area contributed by atoms with Crippen LogP contribution in [0.2, 0.25) is 0 Å². The largest absolute Gasteiger partial charge is 0.473 e. The minimum atomic E-state index is 0.575. The number of rotatable bonds is 3. The zero-order chi connectivity index (χ0) is 21.3. The molecule has 4 aromatic carbocycles. The first-order valence-electron chi connectivity index (χ1n) is 11.0. The van der Waals surface area contributed by atoms with Crippen molar-refractivity contribution in [3.8, 4) is 22.6 Å². The molecule has 0 aromatic heterocycles. The number of anilines is 2. The Balaban J connectivity index is 1.16. The van der Waals surface area contributed by atoms with Gasteiger partial charge < -0.3 is 19.3 Å². The van der Waals surface area contributed by atoms with E-state index in [1.54, 1.807) is 0 Å². The third kappa shape index (κ3) is 3.54. The van der Waals surface area contributed by atoms with Crippen LogP contribution in [0.15, 0.2) is 97.1 Å². The molecular weight excluding hydrogens is 396 g/mol. The molecule has 0 aliphatic carbocycles. The molecule has 0 saturated carbocycles. The van der Waals surface area contributed by atoms with Crippen molar-refractivity contribution in [2.24, 2.45) is 0 Å². The molecule has 2 aliphatic rings. The lowest BCUT2D eigenvalue weighted by atomic mass is 10.0. The van der Waals surface area contributed by atoms with E-state index in [0.29, 0.717) is 13.5 Å². The average Bonchev–Trinajstić information content (AvgIpc) is 2.88. The van der Waals surface area contributed by atoms with Crippen molar-refractivity contribution in [3.05, 3.63) is 108 Å². The van der Waals surface area contributed by atoms with E-state index < -0.39 is 0 Å². The number of fused-ring (bicyclic) bond motifs is 2. The molecule has 4 aromatic rings. The highest BCUT2D eigenvalue weighted by atomic mass is 16.5. The monoisotopic (exact) mass is 420 g/mol. The highest BCUT2D eigenvalue weighted by Crippen LogP contribution is 2.32. The topological polar surface area (TPSA) is 24.9 Å². The van der Waals surface area contributed by atoms with Crippen LogP contribution in [0.3, 0.4) is 0 Å². The SMILES string of the molecule is c1ccc2c(c1)CN(c1ccc(-c3ccc(N4COc5ccccc5C4)cc3)cc1)CO2. The molecular formula is C28H24N2O2. The zero-order valence-electron chi connectivity index (χ0n) is 17.8. The first-order valence-corrected chi connectivity index (χ1v) is 11.0. The fraction of sp³-hybridized carbons (Fsp3) is 0.143. The van der Waals surface area contributed by atoms with Gasteiger partial charge in [-0.1, -0.05) is 60.7 Å². The van der Waals surface area contributed by atoms with Crippen LogP contribution in [-0.4, -0.2) is 13.5 Å². The summed E-state index contributed by atoms with van der Waals surface area (Å²) in [6, 6.07) is 33.9. The number of nitrogens with zero attached hydrogens (tertiary/aromatic N) is 2. The van der Waals surface area contributed by atoms with E-state index in [2.05, 4.69) is 82.6 Å². The molecule has 4 nitrogen and oxygen atoms in total. The fourth-order valence-electron chi connectivity index (χ4n) is 4.41. The van der Waals surface area contributed by atoms with Crippen LogP contribution in [0, 0.1) is 0 Å². The van der Waals surface area contributed by atoms with Gasteiger partial charge in [0.05, 0.1) is 0 Å². The maximum absolute atomic E-state index is 5.91. The Labute approximate surface area is 188 Å². The van der Waals surface area contributed by atoms with Crippen LogP contribution >= 0.6 is 0 Å². The molecule has 0 N–H and O–H groups in total. The second-order valence-corrected chi connectivity index (χ2v) is 8.25. The smallest absolute Gasteiger partial charge is 0.161 e. The van der Waals surface area contributed by atoms with E-state index in [9.17, 15) is 0 Å². The molecule has 0 fully saturated rings. The summed E-state index contributed by atoms with van der Waals surface area (Å²) in [5.41, 5.74) is 7.20. The minimum absolute atomic E-state index is 0.575. The van der Waals surface area contributed by atoms with Crippen molar-refractivity contribution >= 4 is 11.4 Å². The second-order valence-electron chi connectivity index (χ2n) is 8.25. The Morgan fingerprint density at radius 2 is 0.875 bits per heavy atom. The van der Waals surface area contributed by atoms with E-state index in [0.717, 1.165) is 24.6 Å². The molecule has 2 aliphatic heterocycles. The minimum Gasteiger partial charge on any atom is -0.473 e. The van der Waals surface area contributed by atoms with Gasteiger partial charge in [0.2, 0.25) is 0 Å². The first kappa shape index (κ1) is 18.8. The maximum atomic E-state index is 5.91. The van der Waals surface area contributed by atoms with Gasteiger partial charge in [-0.3, -0.25) is 0 Å². The van der Waals surface area contributed by atoms with Crippen molar-refractivity contribution in [1.29, 1.82) is 0 Å². The van der Waals surface area contributed by atoms with Crippen LogP contribution in [0.5, 0.6) is 11.5 Å². The lowest BCUT2D eigenvalue weighted by Crippen LogP contribution is -2.31. The van der Waals surface area contributed by atoms with Gasteiger partial charge in [0, 0.05) is 35.6 Å². The van der Waals surface area contributed by atoms with Gasteiger partial charge in [0.1, 0.15) is 11.5 Å². The van der Waals surface area contributed by atoms with E-state index in [-0.39, 0.29) is 0 Å². The summed E-state index contributed by atoms with van der Waals surface area (Å²) in [6.45, 7) is 2.88. The highest BCUT2D eigenvalue weighted by Gasteiger charge is 2.18. The Bertz CT molecular complexity index is 1140. The maximum Gasteiger partial charge on any atom is 0.161 e. The van der Waals surface area contributed by atoms with Gasteiger partial charge >= 0.3 is 0 Å². The molecule has 4 heteroatoms. The normalized spacial score (nSPS) is 14.8. The van der Waals surface area contributed by atoms with Crippen LogP contribution in [0.25, 0.3) is 11.1 Å². The molecule has 0 radical (unpaired) electrons. The average molecular weight is 421 g/mol. The Morgan fingerprint density at radius 1 is 0.469 bits per heavy atom. The molecule has 0 bridgehead atoms. The molecule has 32 heavy (non-hydrogen) atoms. The predicted molar refractivity (Wildman–Crippen MR) is 128 cm³/mol. The summed E-state index contributed by atoms with van der Waals surface area (Å²) in [5, 5.41) is 0. The standard InChI is InChI=1S/C28H24N2O2/c1-3-7-27-23(5-1)17-29(19-31-27)25-13-9-21(10-14-25)22-11-15-26(16-12-22)30-18-24-6-2-4-8-28(24)32-20-30/h1-16H,17-20H2.